The summed E-state index contributed by atoms with van der Waals surface area (Å²) in [6.07, 6.45) is 7.60. The molecular formula is C17H20O2. The Bertz CT molecular complexity index is 459. The van der Waals surface area contributed by atoms with Crippen LogP contribution in [0.15, 0.2) is 24.3 Å². The smallest absolute Gasteiger partial charge is 0.167 e. The number of benzene rings is 1. The van der Waals surface area contributed by atoms with Gasteiger partial charge in [0.2, 0.25) is 0 Å². The minimum absolute atomic E-state index is 0.0551. The van der Waals surface area contributed by atoms with Crippen LogP contribution in [0.4, 0.5) is 0 Å². The molecule has 0 aromatic heterocycles. The summed E-state index contributed by atoms with van der Waals surface area (Å²) in [5.74, 6) is 0.310. The number of ketones is 2. The van der Waals surface area contributed by atoms with Gasteiger partial charge in [-0.05, 0) is 12.8 Å². The number of carbonyl (C=O) groups excluding carboxylic acids is 2. The van der Waals surface area contributed by atoms with E-state index in [1.54, 1.807) is 0 Å². The van der Waals surface area contributed by atoms with E-state index in [9.17, 15) is 9.59 Å². The third-order valence-corrected chi connectivity index (χ3v) is 4.65. The van der Waals surface area contributed by atoms with Crippen molar-refractivity contribution in [2.75, 3.05) is 0 Å². The van der Waals surface area contributed by atoms with Crippen LogP contribution < -0.4 is 0 Å². The van der Waals surface area contributed by atoms with Crippen molar-refractivity contribution in [3.63, 3.8) is 0 Å². The lowest BCUT2D eigenvalue weighted by Gasteiger charge is -2.30. The molecule has 0 saturated heterocycles. The lowest BCUT2D eigenvalue weighted by Crippen LogP contribution is -2.36. The highest BCUT2D eigenvalue weighted by Crippen LogP contribution is 2.37. The van der Waals surface area contributed by atoms with Gasteiger partial charge in [0.15, 0.2) is 11.6 Å². The highest BCUT2D eigenvalue weighted by Gasteiger charge is 2.40. The van der Waals surface area contributed by atoms with E-state index in [1.807, 2.05) is 24.3 Å². The van der Waals surface area contributed by atoms with Gasteiger partial charge in [-0.2, -0.15) is 0 Å². The second-order valence-electron chi connectivity index (χ2n) is 5.83. The Hall–Kier alpha value is -1.44. The standard InChI is InChI=1S/C17H20O2/c18-16-12-8-4-2-1-3-5-9-13(12)17(19)15-11-7-6-10-14(15)16/h6-7,10-13H,1-5,8-9H2. The average Bonchev–Trinajstić information content (AvgIpc) is 2.56. The fourth-order valence-corrected chi connectivity index (χ4v) is 3.60. The first kappa shape index (κ1) is 12.6. The summed E-state index contributed by atoms with van der Waals surface area (Å²) in [5.41, 5.74) is 1.32. The predicted octanol–water partition coefficient (Wildman–Crippen LogP) is 4.04. The molecule has 1 saturated carbocycles. The van der Waals surface area contributed by atoms with Crippen molar-refractivity contribution >= 4 is 11.6 Å². The SMILES string of the molecule is O=C1c2ccccc2C(=O)C2CCCCCCCC12. The van der Waals surface area contributed by atoms with E-state index in [1.165, 1.54) is 19.3 Å². The third kappa shape index (κ3) is 2.24. The molecule has 1 fully saturated rings. The van der Waals surface area contributed by atoms with Crippen LogP contribution in [0.3, 0.4) is 0 Å². The Labute approximate surface area is 114 Å². The summed E-state index contributed by atoms with van der Waals surface area (Å²) < 4.78 is 0. The second-order valence-corrected chi connectivity index (χ2v) is 5.83. The molecule has 3 rings (SSSR count). The number of hydrogen-bond acceptors (Lipinski definition) is 2. The van der Waals surface area contributed by atoms with Gasteiger partial charge in [0, 0.05) is 23.0 Å². The molecule has 0 spiro atoms. The van der Waals surface area contributed by atoms with Crippen molar-refractivity contribution in [1.82, 2.24) is 0 Å². The minimum atomic E-state index is -0.0551. The van der Waals surface area contributed by atoms with E-state index in [-0.39, 0.29) is 23.4 Å². The topological polar surface area (TPSA) is 34.1 Å². The second kappa shape index (κ2) is 5.28. The van der Waals surface area contributed by atoms with Crippen LogP contribution in [0.1, 0.15) is 65.7 Å². The molecule has 2 atom stereocenters. The predicted molar refractivity (Wildman–Crippen MR) is 74.4 cm³/mol. The largest absolute Gasteiger partial charge is 0.294 e. The van der Waals surface area contributed by atoms with Gasteiger partial charge in [-0.15, -0.1) is 0 Å². The van der Waals surface area contributed by atoms with Crippen LogP contribution in [0, 0.1) is 11.8 Å². The van der Waals surface area contributed by atoms with Crippen molar-refractivity contribution in [3.05, 3.63) is 35.4 Å². The fraction of sp³-hybridized carbons (Fsp3) is 0.529. The first-order valence-electron chi connectivity index (χ1n) is 7.46. The lowest BCUT2D eigenvalue weighted by atomic mass is 9.71. The number of fused-ring (bicyclic) bond motifs is 2. The van der Waals surface area contributed by atoms with Crippen molar-refractivity contribution in [3.8, 4) is 0 Å². The minimum Gasteiger partial charge on any atom is -0.294 e. The van der Waals surface area contributed by atoms with Gasteiger partial charge in [0.25, 0.3) is 0 Å². The number of Topliss-reactive ketones (excluding diaryl/α,β-unsaturated/α-hetero) is 2. The van der Waals surface area contributed by atoms with Gasteiger partial charge in [-0.3, -0.25) is 9.59 Å². The van der Waals surface area contributed by atoms with E-state index >= 15 is 0 Å². The molecule has 100 valence electrons. The monoisotopic (exact) mass is 256 g/mol. The van der Waals surface area contributed by atoms with Gasteiger partial charge in [-0.1, -0.05) is 56.4 Å². The van der Waals surface area contributed by atoms with Gasteiger partial charge < -0.3 is 0 Å². The molecule has 2 heteroatoms. The van der Waals surface area contributed by atoms with Crippen molar-refractivity contribution in [2.24, 2.45) is 11.8 Å². The molecule has 0 radical (unpaired) electrons. The average molecular weight is 256 g/mol. The molecule has 2 nitrogen and oxygen atoms in total. The summed E-state index contributed by atoms with van der Waals surface area (Å²) in [7, 11) is 0. The highest BCUT2D eigenvalue weighted by molar-refractivity contribution is 6.15. The molecule has 2 unspecified atom stereocenters. The maximum absolute atomic E-state index is 12.6. The number of carbonyl (C=O) groups is 2. The van der Waals surface area contributed by atoms with Gasteiger partial charge in [0.1, 0.15) is 0 Å². The molecule has 2 aliphatic rings. The highest BCUT2D eigenvalue weighted by atomic mass is 16.1. The van der Waals surface area contributed by atoms with Gasteiger partial charge in [-0.25, -0.2) is 0 Å². The van der Waals surface area contributed by atoms with Crippen LogP contribution >= 0.6 is 0 Å². The normalized spacial score (nSPS) is 27.8. The summed E-state index contributed by atoms with van der Waals surface area (Å²) in [4.78, 5) is 25.2. The van der Waals surface area contributed by atoms with E-state index in [2.05, 4.69) is 0 Å². The third-order valence-electron chi connectivity index (χ3n) is 4.65. The summed E-state index contributed by atoms with van der Waals surface area (Å²) in [6.45, 7) is 0. The van der Waals surface area contributed by atoms with E-state index in [4.69, 9.17) is 0 Å². The molecule has 0 heterocycles. The molecular weight excluding hydrogens is 236 g/mol. The number of hydrogen-bond donors (Lipinski definition) is 0. The first-order chi connectivity index (χ1) is 9.29. The Morgan fingerprint density at radius 3 is 1.58 bits per heavy atom. The van der Waals surface area contributed by atoms with Gasteiger partial charge >= 0.3 is 0 Å². The zero-order chi connectivity index (χ0) is 13.2. The Morgan fingerprint density at radius 2 is 1.11 bits per heavy atom. The molecule has 1 aromatic rings. The molecule has 19 heavy (non-hydrogen) atoms. The van der Waals surface area contributed by atoms with Gasteiger partial charge in [0.05, 0.1) is 0 Å². The molecule has 0 aliphatic heterocycles. The van der Waals surface area contributed by atoms with E-state index in [0.717, 1.165) is 25.7 Å². The van der Waals surface area contributed by atoms with Crippen LogP contribution in [0.5, 0.6) is 0 Å². The molecule has 0 N–H and O–H groups in total. The molecule has 2 aliphatic carbocycles. The molecule has 0 bridgehead atoms. The zero-order valence-electron chi connectivity index (χ0n) is 11.2. The zero-order valence-corrected chi connectivity index (χ0v) is 11.2. The first-order valence-corrected chi connectivity index (χ1v) is 7.46. The Morgan fingerprint density at radius 1 is 0.684 bits per heavy atom. The molecule has 1 aromatic carbocycles. The fourth-order valence-electron chi connectivity index (χ4n) is 3.60. The summed E-state index contributed by atoms with van der Waals surface area (Å²) >= 11 is 0. The van der Waals surface area contributed by atoms with Crippen molar-refractivity contribution < 1.29 is 9.59 Å². The van der Waals surface area contributed by atoms with Crippen molar-refractivity contribution in [1.29, 1.82) is 0 Å². The van der Waals surface area contributed by atoms with Crippen LogP contribution in [-0.4, -0.2) is 11.6 Å². The van der Waals surface area contributed by atoms with Crippen LogP contribution in [0.25, 0.3) is 0 Å². The maximum Gasteiger partial charge on any atom is 0.167 e. The molecule has 0 amide bonds. The van der Waals surface area contributed by atoms with Crippen LogP contribution in [-0.2, 0) is 0 Å². The summed E-state index contributed by atoms with van der Waals surface area (Å²) in [5, 5.41) is 0. The summed E-state index contributed by atoms with van der Waals surface area (Å²) in [6, 6.07) is 7.36. The maximum atomic E-state index is 12.6. The van der Waals surface area contributed by atoms with E-state index in [0.29, 0.717) is 11.1 Å². The Kier molecular flexibility index (Phi) is 3.50. The quantitative estimate of drug-likeness (QED) is 0.702. The Balaban J connectivity index is 1.99. The number of rotatable bonds is 0. The van der Waals surface area contributed by atoms with Crippen molar-refractivity contribution in [2.45, 2.75) is 44.9 Å². The van der Waals surface area contributed by atoms with Crippen LogP contribution in [0.2, 0.25) is 0 Å². The van der Waals surface area contributed by atoms with E-state index < -0.39 is 0 Å². The lowest BCUT2D eigenvalue weighted by molar-refractivity contribution is 0.0712.